The van der Waals surface area contributed by atoms with Gasteiger partial charge in [0, 0.05) is 10.7 Å². The van der Waals surface area contributed by atoms with Gasteiger partial charge in [0.15, 0.2) is 0 Å². The molecule has 26 heavy (non-hydrogen) atoms. The third kappa shape index (κ3) is 4.75. The van der Waals surface area contributed by atoms with Crippen LogP contribution < -0.4 is 14.8 Å². The van der Waals surface area contributed by atoms with Gasteiger partial charge in [0.05, 0.1) is 18.0 Å². The van der Waals surface area contributed by atoms with E-state index in [2.05, 4.69) is 10.0 Å². The third-order valence-electron chi connectivity index (χ3n) is 3.84. The number of sulfonamides is 1. The van der Waals surface area contributed by atoms with Crippen LogP contribution in [0.4, 0.5) is 5.69 Å². The molecule has 0 unspecified atom stereocenters. The number of nitrogens with one attached hydrogen (secondary N) is 2. The normalized spacial score (nSPS) is 12.5. The molecule has 2 rings (SSSR count). The van der Waals surface area contributed by atoms with Gasteiger partial charge in [-0.25, -0.2) is 8.42 Å². The number of carbonyl (C=O) groups is 1. The molecular weight excluding hydrogens is 376 g/mol. The number of methoxy groups -OCH3 is 1. The minimum Gasteiger partial charge on any atom is -0.496 e. The Kier molecular flexibility index (Phi) is 6.28. The highest BCUT2D eigenvalue weighted by molar-refractivity contribution is 7.89. The number of aryl methyl sites for hydroxylation is 2. The molecule has 0 saturated heterocycles. The van der Waals surface area contributed by atoms with Crippen molar-refractivity contribution in [3.63, 3.8) is 0 Å². The molecule has 0 bridgehead atoms. The smallest absolute Gasteiger partial charge is 0.242 e. The molecule has 0 aliphatic carbocycles. The van der Waals surface area contributed by atoms with Crippen LogP contribution >= 0.6 is 11.6 Å². The molecule has 1 amide bonds. The molecule has 0 aromatic heterocycles. The standard InChI is InChI=1S/C18H21ClN2O4S/c1-11-5-6-14(10-16(11)19)20-18(22)13(3)21-26(23,24)15-7-8-17(25-4)12(2)9-15/h5-10,13,21H,1-4H3,(H,20,22)/t13-/m0/s1. The summed E-state index contributed by atoms with van der Waals surface area (Å²) in [7, 11) is -2.34. The number of hydrogen-bond acceptors (Lipinski definition) is 4. The lowest BCUT2D eigenvalue weighted by Crippen LogP contribution is -2.41. The second kappa shape index (κ2) is 8.07. The zero-order chi connectivity index (χ0) is 19.5. The van der Waals surface area contributed by atoms with Gasteiger partial charge in [-0.15, -0.1) is 0 Å². The lowest BCUT2D eigenvalue weighted by Gasteiger charge is -2.15. The van der Waals surface area contributed by atoms with Crippen molar-refractivity contribution in [1.82, 2.24) is 4.72 Å². The first kappa shape index (κ1) is 20.2. The maximum atomic E-state index is 12.5. The molecule has 1 atom stereocenters. The molecule has 140 valence electrons. The van der Waals surface area contributed by atoms with Crippen LogP contribution in [-0.2, 0) is 14.8 Å². The minimum absolute atomic E-state index is 0.0637. The van der Waals surface area contributed by atoms with Gasteiger partial charge < -0.3 is 10.1 Å². The number of amides is 1. The van der Waals surface area contributed by atoms with E-state index in [1.807, 2.05) is 6.92 Å². The number of carbonyl (C=O) groups excluding carboxylic acids is 1. The molecule has 0 fully saturated rings. The molecule has 0 saturated carbocycles. The fourth-order valence-electron chi connectivity index (χ4n) is 2.29. The molecule has 6 nitrogen and oxygen atoms in total. The van der Waals surface area contributed by atoms with Crippen LogP contribution in [0, 0.1) is 13.8 Å². The summed E-state index contributed by atoms with van der Waals surface area (Å²) in [6.45, 7) is 5.07. The Labute approximate surface area is 158 Å². The molecule has 0 heterocycles. The largest absolute Gasteiger partial charge is 0.496 e. The molecule has 2 N–H and O–H groups in total. The topological polar surface area (TPSA) is 84.5 Å². The van der Waals surface area contributed by atoms with Gasteiger partial charge in [0.25, 0.3) is 0 Å². The zero-order valence-corrected chi connectivity index (χ0v) is 16.5. The molecule has 0 aliphatic rings. The molecular formula is C18H21ClN2O4S. The van der Waals surface area contributed by atoms with Crippen molar-refractivity contribution in [2.24, 2.45) is 0 Å². The molecule has 0 radical (unpaired) electrons. The van der Waals surface area contributed by atoms with Crippen LogP contribution in [-0.4, -0.2) is 27.5 Å². The van der Waals surface area contributed by atoms with Crippen molar-refractivity contribution in [1.29, 1.82) is 0 Å². The second-order valence-electron chi connectivity index (χ2n) is 5.93. The van der Waals surface area contributed by atoms with Crippen molar-refractivity contribution in [2.45, 2.75) is 31.7 Å². The fourth-order valence-corrected chi connectivity index (χ4v) is 3.76. The van der Waals surface area contributed by atoms with Crippen molar-refractivity contribution >= 4 is 33.2 Å². The molecule has 2 aromatic rings. The average molecular weight is 397 g/mol. The third-order valence-corrected chi connectivity index (χ3v) is 5.79. The number of rotatable bonds is 6. The summed E-state index contributed by atoms with van der Waals surface area (Å²) in [6.07, 6.45) is 0. The zero-order valence-electron chi connectivity index (χ0n) is 15.0. The van der Waals surface area contributed by atoms with E-state index in [0.717, 1.165) is 5.56 Å². The SMILES string of the molecule is COc1ccc(S(=O)(=O)N[C@@H](C)C(=O)Nc2ccc(C)c(Cl)c2)cc1C. The highest BCUT2D eigenvalue weighted by atomic mass is 35.5. The Balaban J connectivity index is 2.11. The van der Waals surface area contributed by atoms with E-state index in [1.54, 1.807) is 31.2 Å². The lowest BCUT2D eigenvalue weighted by molar-refractivity contribution is -0.117. The highest BCUT2D eigenvalue weighted by Crippen LogP contribution is 2.22. The van der Waals surface area contributed by atoms with E-state index in [0.29, 0.717) is 22.0 Å². The Morgan fingerprint density at radius 2 is 1.81 bits per heavy atom. The maximum absolute atomic E-state index is 12.5. The van der Waals surface area contributed by atoms with Crippen LogP contribution in [0.25, 0.3) is 0 Å². The van der Waals surface area contributed by atoms with Crippen LogP contribution in [0.1, 0.15) is 18.1 Å². The molecule has 8 heteroatoms. The minimum atomic E-state index is -3.85. The first-order valence-corrected chi connectivity index (χ1v) is 9.74. The van der Waals surface area contributed by atoms with Gasteiger partial charge in [0.2, 0.25) is 15.9 Å². The molecule has 2 aromatic carbocycles. The Morgan fingerprint density at radius 3 is 2.38 bits per heavy atom. The van der Waals surface area contributed by atoms with E-state index in [-0.39, 0.29) is 4.90 Å². The monoisotopic (exact) mass is 396 g/mol. The van der Waals surface area contributed by atoms with E-state index >= 15 is 0 Å². The predicted octanol–water partition coefficient (Wildman–Crippen LogP) is 3.27. The molecule has 0 aliphatic heterocycles. The van der Waals surface area contributed by atoms with Crippen LogP contribution in [0.2, 0.25) is 5.02 Å². The van der Waals surface area contributed by atoms with E-state index < -0.39 is 22.0 Å². The summed E-state index contributed by atoms with van der Waals surface area (Å²) in [5, 5.41) is 3.16. The summed E-state index contributed by atoms with van der Waals surface area (Å²) in [5.74, 6) is 0.102. The first-order valence-electron chi connectivity index (χ1n) is 7.88. The number of ether oxygens (including phenoxy) is 1. The van der Waals surface area contributed by atoms with Crippen molar-refractivity contribution in [3.05, 3.63) is 52.5 Å². The van der Waals surface area contributed by atoms with Gasteiger partial charge in [-0.05, 0) is 62.2 Å². The fraction of sp³-hybridized carbons (Fsp3) is 0.278. The van der Waals surface area contributed by atoms with Crippen LogP contribution in [0.3, 0.4) is 0 Å². The van der Waals surface area contributed by atoms with E-state index in [1.165, 1.54) is 26.2 Å². The van der Waals surface area contributed by atoms with E-state index in [4.69, 9.17) is 16.3 Å². The summed E-state index contributed by atoms with van der Waals surface area (Å²) in [5.41, 5.74) is 2.06. The molecule has 0 spiro atoms. The number of halogens is 1. The van der Waals surface area contributed by atoms with Crippen molar-refractivity contribution in [2.75, 3.05) is 12.4 Å². The first-order chi connectivity index (χ1) is 12.1. The van der Waals surface area contributed by atoms with Crippen molar-refractivity contribution < 1.29 is 17.9 Å². The maximum Gasteiger partial charge on any atom is 0.242 e. The second-order valence-corrected chi connectivity index (χ2v) is 8.05. The quantitative estimate of drug-likeness (QED) is 0.784. The summed E-state index contributed by atoms with van der Waals surface area (Å²) in [4.78, 5) is 12.3. The van der Waals surface area contributed by atoms with Gasteiger partial charge in [-0.1, -0.05) is 17.7 Å². The lowest BCUT2D eigenvalue weighted by atomic mass is 10.2. The van der Waals surface area contributed by atoms with Gasteiger partial charge in [-0.3, -0.25) is 4.79 Å². The van der Waals surface area contributed by atoms with Crippen LogP contribution in [0.5, 0.6) is 5.75 Å². The van der Waals surface area contributed by atoms with Gasteiger partial charge >= 0.3 is 0 Å². The number of hydrogen-bond donors (Lipinski definition) is 2. The summed E-state index contributed by atoms with van der Waals surface area (Å²) in [6, 6.07) is 8.61. The number of anilines is 1. The van der Waals surface area contributed by atoms with Gasteiger partial charge in [-0.2, -0.15) is 4.72 Å². The average Bonchev–Trinajstić information content (AvgIpc) is 2.57. The van der Waals surface area contributed by atoms with E-state index in [9.17, 15) is 13.2 Å². The Bertz CT molecular complexity index is 929. The Morgan fingerprint density at radius 1 is 1.12 bits per heavy atom. The predicted molar refractivity (Wildman–Crippen MR) is 102 cm³/mol. The Hall–Kier alpha value is -2.09. The number of benzene rings is 2. The van der Waals surface area contributed by atoms with Crippen LogP contribution in [0.15, 0.2) is 41.3 Å². The summed E-state index contributed by atoms with van der Waals surface area (Å²) >= 11 is 6.03. The van der Waals surface area contributed by atoms with Crippen molar-refractivity contribution in [3.8, 4) is 5.75 Å². The highest BCUT2D eigenvalue weighted by Gasteiger charge is 2.23. The van der Waals surface area contributed by atoms with Gasteiger partial charge in [0.1, 0.15) is 5.75 Å². The summed E-state index contributed by atoms with van der Waals surface area (Å²) < 4.78 is 32.5.